The van der Waals surface area contributed by atoms with Crippen LogP contribution < -0.4 is 0 Å². The van der Waals surface area contributed by atoms with Gasteiger partial charge in [-0.25, -0.2) is 9.18 Å². The summed E-state index contributed by atoms with van der Waals surface area (Å²) in [5.41, 5.74) is 3.14. The molecule has 0 amide bonds. The van der Waals surface area contributed by atoms with Gasteiger partial charge in [0.25, 0.3) is 0 Å². The Morgan fingerprint density at radius 2 is 2.00 bits per heavy atom. The molecule has 0 fully saturated rings. The number of halogens is 2. The van der Waals surface area contributed by atoms with Crippen LogP contribution in [0.3, 0.4) is 0 Å². The molecule has 21 heavy (non-hydrogen) atoms. The van der Waals surface area contributed by atoms with Crippen molar-refractivity contribution >= 4 is 17.6 Å². The third-order valence-corrected chi connectivity index (χ3v) is 4.09. The quantitative estimate of drug-likeness (QED) is 0.940. The van der Waals surface area contributed by atoms with E-state index < -0.39 is 11.8 Å². The number of nitrogens with zero attached hydrogens (tertiary/aromatic N) is 1. The summed E-state index contributed by atoms with van der Waals surface area (Å²) in [4.78, 5) is 13.1. The van der Waals surface area contributed by atoms with Gasteiger partial charge in [0.1, 0.15) is 5.82 Å². The predicted octanol–water partition coefficient (Wildman–Crippen LogP) is 3.69. The number of hydrogen-bond donors (Lipinski definition) is 1. The molecular weight excluding hydrogens is 293 g/mol. The summed E-state index contributed by atoms with van der Waals surface area (Å²) >= 11 is 5.97. The molecule has 0 radical (unpaired) electrons. The fraction of sp³-hybridized carbons (Fsp3) is 0.188. The molecule has 0 atom stereocenters. The molecule has 1 aliphatic rings. The normalized spacial score (nSPS) is 14.2. The fourth-order valence-corrected chi connectivity index (χ4v) is 2.81. The van der Waals surface area contributed by atoms with Gasteiger partial charge in [0.05, 0.1) is 10.6 Å². The minimum absolute atomic E-state index is 0.152. The van der Waals surface area contributed by atoms with Crippen molar-refractivity contribution in [3.05, 3.63) is 69.5 Å². The number of rotatable bonds is 3. The first-order valence-corrected chi connectivity index (χ1v) is 6.93. The fourth-order valence-electron chi connectivity index (χ4n) is 2.62. The highest BCUT2D eigenvalue weighted by Gasteiger charge is 2.21. The zero-order valence-corrected chi connectivity index (χ0v) is 11.9. The summed E-state index contributed by atoms with van der Waals surface area (Å²) in [6.45, 7) is 1.89. The van der Waals surface area contributed by atoms with Gasteiger partial charge in [-0.15, -0.1) is 0 Å². The summed E-state index contributed by atoms with van der Waals surface area (Å²) in [5, 5.41) is 9.16. The Balaban J connectivity index is 1.79. The molecule has 3 nitrogen and oxygen atoms in total. The van der Waals surface area contributed by atoms with Crippen LogP contribution in [0.25, 0.3) is 0 Å². The van der Waals surface area contributed by atoms with Crippen molar-refractivity contribution < 1.29 is 14.3 Å². The van der Waals surface area contributed by atoms with Gasteiger partial charge in [-0.3, -0.25) is 4.90 Å². The molecule has 2 aromatic rings. The van der Waals surface area contributed by atoms with E-state index in [2.05, 4.69) is 4.90 Å². The van der Waals surface area contributed by atoms with Gasteiger partial charge in [0.15, 0.2) is 0 Å². The average Bonchev–Trinajstić information content (AvgIpc) is 2.85. The number of carboxylic acid groups (broad SMARTS) is 1. The van der Waals surface area contributed by atoms with Gasteiger partial charge in [-0.2, -0.15) is 0 Å². The van der Waals surface area contributed by atoms with E-state index in [1.807, 2.05) is 6.07 Å². The monoisotopic (exact) mass is 305 g/mol. The topological polar surface area (TPSA) is 40.5 Å². The van der Waals surface area contributed by atoms with E-state index >= 15 is 0 Å². The Morgan fingerprint density at radius 3 is 2.76 bits per heavy atom. The van der Waals surface area contributed by atoms with Gasteiger partial charge in [0.2, 0.25) is 0 Å². The summed E-state index contributed by atoms with van der Waals surface area (Å²) in [6, 6.07) is 9.93. The third kappa shape index (κ3) is 2.77. The SMILES string of the molecule is O=C(O)c1ccc2c(c1)CN(Cc1cccc(F)c1Cl)C2. The molecule has 0 bridgehead atoms. The van der Waals surface area contributed by atoms with Crippen LogP contribution in [0, 0.1) is 5.82 Å². The largest absolute Gasteiger partial charge is 0.478 e. The zero-order valence-electron chi connectivity index (χ0n) is 11.1. The average molecular weight is 306 g/mol. The minimum Gasteiger partial charge on any atom is -0.478 e. The van der Waals surface area contributed by atoms with Crippen molar-refractivity contribution in [2.45, 2.75) is 19.6 Å². The Hall–Kier alpha value is -1.91. The Bertz CT molecular complexity index is 717. The van der Waals surface area contributed by atoms with Crippen molar-refractivity contribution in [3.63, 3.8) is 0 Å². The second-order valence-electron chi connectivity index (χ2n) is 5.15. The number of carboxylic acids is 1. The molecule has 0 saturated heterocycles. The van der Waals surface area contributed by atoms with Crippen LogP contribution in [-0.2, 0) is 19.6 Å². The summed E-state index contributed by atoms with van der Waals surface area (Å²) in [7, 11) is 0. The molecule has 1 aliphatic heterocycles. The molecule has 0 aromatic heterocycles. The number of fused-ring (bicyclic) bond motifs is 1. The lowest BCUT2D eigenvalue weighted by Crippen LogP contribution is -2.16. The van der Waals surface area contributed by atoms with Crippen molar-refractivity contribution in [2.24, 2.45) is 0 Å². The third-order valence-electron chi connectivity index (χ3n) is 3.67. The number of hydrogen-bond acceptors (Lipinski definition) is 2. The molecule has 1 heterocycles. The van der Waals surface area contributed by atoms with E-state index in [0.29, 0.717) is 25.2 Å². The van der Waals surface area contributed by atoms with Crippen molar-refractivity contribution in [2.75, 3.05) is 0 Å². The maximum absolute atomic E-state index is 13.4. The summed E-state index contributed by atoms with van der Waals surface area (Å²) in [5.74, 6) is -1.34. The first-order chi connectivity index (χ1) is 10.0. The van der Waals surface area contributed by atoms with E-state index in [1.54, 1.807) is 24.3 Å². The predicted molar refractivity (Wildman–Crippen MR) is 77.8 cm³/mol. The standard InChI is InChI=1S/C16H13ClFNO2/c17-15-12(2-1-3-14(15)18)8-19-7-11-5-4-10(16(20)21)6-13(11)9-19/h1-6H,7-9H2,(H,20,21). The van der Waals surface area contributed by atoms with Crippen LogP contribution in [0.5, 0.6) is 0 Å². The lowest BCUT2D eigenvalue weighted by atomic mass is 10.1. The van der Waals surface area contributed by atoms with E-state index in [9.17, 15) is 9.18 Å². The van der Waals surface area contributed by atoms with Crippen LogP contribution in [0.1, 0.15) is 27.0 Å². The van der Waals surface area contributed by atoms with Gasteiger partial charge in [-0.1, -0.05) is 29.8 Å². The van der Waals surface area contributed by atoms with Crippen LogP contribution >= 0.6 is 11.6 Å². The van der Waals surface area contributed by atoms with Gasteiger partial charge in [-0.05, 0) is 34.9 Å². The Labute approximate surface area is 126 Å². The maximum Gasteiger partial charge on any atom is 0.335 e. The highest BCUT2D eigenvalue weighted by molar-refractivity contribution is 6.31. The summed E-state index contributed by atoms with van der Waals surface area (Å²) < 4.78 is 13.4. The number of aromatic carboxylic acids is 1. The summed E-state index contributed by atoms with van der Waals surface area (Å²) in [6.07, 6.45) is 0. The van der Waals surface area contributed by atoms with Gasteiger partial charge < -0.3 is 5.11 Å². The highest BCUT2D eigenvalue weighted by Crippen LogP contribution is 2.28. The van der Waals surface area contributed by atoms with Crippen LogP contribution in [0.15, 0.2) is 36.4 Å². The Kier molecular flexibility index (Phi) is 3.66. The minimum atomic E-state index is -0.926. The second kappa shape index (κ2) is 5.47. The number of benzene rings is 2. The molecule has 0 saturated carbocycles. The second-order valence-corrected chi connectivity index (χ2v) is 5.52. The molecule has 0 spiro atoms. The van der Waals surface area contributed by atoms with Crippen molar-refractivity contribution in [1.82, 2.24) is 4.90 Å². The van der Waals surface area contributed by atoms with E-state index in [0.717, 1.165) is 16.7 Å². The molecule has 3 rings (SSSR count). The molecule has 0 unspecified atom stereocenters. The van der Waals surface area contributed by atoms with Gasteiger partial charge >= 0.3 is 5.97 Å². The molecule has 2 aromatic carbocycles. The first-order valence-electron chi connectivity index (χ1n) is 6.55. The van der Waals surface area contributed by atoms with Crippen LogP contribution in [-0.4, -0.2) is 16.0 Å². The Morgan fingerprint density at radius 1 is 1.24 bits per heavy atom. The molecule has 5 heteroatoms. The van der Waals surface area contributed by atoms with Crippen LogP contribution in [0.4, 0.5) is 4.39 Å². The molecule has 1 N–H and O–H groups in total. The lowest BCUT2D eigenvalue weighted by Gasteiger charge is -2.15. The smallest absolute Gasteiger partial charge is 0.335 e. The van der Waals surface area contributed by atoms with Gasteiger partial charge in [0, 0.05) is 19.6 Å². The molecule has 108 valence electrons. The maximum atomic E-state index is 13.4. The van der Waals surface area contributed by atoms with Crippen molar-refractivity contribution in [3.8, 4) is 0 Å². The zero-order chi connectivity index (χ0) is 15.0. The highest BCUT2D eigenvalue weighted by atomic mass is 35.5. The van der Waals surface area contributed by atoms with E-state index in [4.69, 9.17) is 16.7 Å². The van der Waals surface area contributed by atoms with Crippen molar-refractivity contribution in [1.29, 1.82) is 0 Å². The van der Waals surface area contributed by atoms with E-state index in [-0.39, 0.29) is 5.02 Å². The van der Waals surface area contributed by atoms with Crippen LogP contribution in [0.2, 0.25) is 5.02 Å². The first kappa shape index (κ1) is 14.0. The lowest BCUT2D eigenvalue weighted by molar-refractivity contribution is 0.0696. The molecule has 0 aliphatic carbocycles. The van der Waals surface area contributed by atoms with E-state index in [1.165, 1.54) is 6.07 Å². The molecular formula is C16H13ClFNO2. The number of carbonyl (C=O) groups is 1.